The summed E-state index contributed by atoms with van der Waals surface area (Å²) in [5.74, 6) is 0.305. The number of aromatic nitrogens is 2. The van der Waals surface area contributed by atoms with Gasteiger partial charge >= 0.3 is 12.1 Å². The van der Waals surface area contributed by atoms with Gasteiger partial charge in [0.2, 0.25) is 11.7 Å². The van der Waals surface area contributed by atoms with Crippen molar-refractivity contribution in [2.45, 2.75) is 12.7 Å². The fourth-order valence-corrected chi connectivity index (χ4v) is 3.30. The van der Waals surface area contributed by atoms with Crippen LogP contribution < -0.4 is 0 Å². The summed E-state index contributed by atoms with van der Waals surface area (Å²) in [5, 5.41) is 3.36. The van der Waals surface area contributed by atoms with Gasteiger partial charge in [-0.2, -0.15) is 29.9 Å². The van der Waals surface area contributed by atoms with E-state index in [1.165, 1.54) is 0 Å². The lowest BCUT2D eigenvalue weighted by Crippen LogP contribution is -2.42. The Morgan fingerprint density at radius 1 is 1.33 bits per heavy atom. The van der Waals surface area contributed by atoms with E-state index in [9.17, 15) is 18.0 Å². The first-order valence-electron chi connectivity index (χ1n) is 8.24. The van der Waals surface area contributed by atoms with Crippen molar-refractivity contribution in [3.63, 3.8) is 0 Å². The highest BCUT2D eigenvalue weighted by Crippen LogP contribution is 2.30. The average Bonchev–Trinajstić information content (AvgIpc) is 3.08. The van der Waals surface area contributed by atoms with Gasteiger partial charge < -0.3 is 14.2 Å². The summed E-state index contributed by atoms with van der Waals surface area (Å²) < 4.78 is 47.0. The molecule has 0 spiro atoms. The molecular weight excluding hydrogens is 383 g/mol. The predicted octanol–water partition coefficient (Wildman–Crippen LogP) is 3.09. The van der Waals surface area contributed by atoms with Crippen LogP contribution in [-0.2, 0) is 22.3 Å². The summed E-state index contributed by atoms with van der Waals surface area (Å²) in [6, 6.07) is 6.69. The zero-order valence-electron chi connectivity index (χ0n) is 14.5. The van der Waals surface area contributed by atoms with E-state index in [-0.39, 0.29) is 17.6 Å². The van der Waals surface area contributed by atoms with Crippen molar-refractivity contribution < 1.29 is 27.2 Å². The van der Waals surface area contributed by atoms with Gasteiger partial charge in [-0.15, -0.1) is 0 Å². The molecule has 0 unspecified atom stereocenters. The molecule has 0 saturated carbocycles. The molecule has 27 heavy (non-hydrogen) atoms. The molecule has 0 atom stereocenters. The van der Waals surface area contributed by atoms with Gasteiger partial charge in [-0.1, -0.05) is 29.4 Å². The van der Waals surface area contributed by atoms with Gasteiger partial charge in [-0.3, -0.25) is 4.79 Å². The van der Waals surface area contributed by atoms with Crippen LogP contribution in [0.3, 0.4) is 0 Å². The van der Waals surface area contributed by atoms with Crippen LogP contribution in [0.4, 0.5) is 13.2 Å². The molecule has 0 N–H and O–H groups in total. The van der Waals surface area contributed by atoms with E-state index in [1.54, 1.807) is 48.0 Å². The van der Waals surface area contributed by atoms with Gasteiger partial charge in [0.25, 0.3) is 0 Å². The van der Waals surface area contributed by atoms with Crippen LogP contribution in [0.5, 0.6) is 0 Å². The number of methoxy groups -OCH3 is 1. The minimum Gasteiger partial charge on any atom is -0.383 e. The second-order valence-electron chi connectivity index (χ2n) is 6.10. The third-order valence-corrected chi connectivity index (χ3v) is 5.39. The minimum absolute atomic E-state index is 0.0475. The molecule has 0 aliphatic carbocycles. The summed E-state index contributed by atoms with van der Waals surface area (Å²) >= 11 is 1.74. The van der Waals surface area contributed by atoms with Crippen molar-refractivity contribution >= 4 is 17.7 Å². The Labute approximate surface area is 158 Å². The third-order valence-electron chi connectivity index (χ3n) is 4.12. The van der Waals surface area contributed by atoms with Crippen molar-refractivity contribution in [2.75, 3.05) is 31.8 Å². The highest BCUT2D eigenvalue weighted by molar-refractivity contribution is 8.00. The minimum atomic E-state index is -4.67. The summed E-state index contributed by atoms with van der Waals surface area (Å²) in [5.41, 5.74) is 1.26. The Morgan fingerprint density at radius 3 is 2.56 bits per heavy atom. The summed E-state index contributed by atoms with van der Waals surface area (Å²) in [6.45, 7) is 1.33. The number of hydrogen-bond donors (Lipinski definition) is 0. The lowest BCUT2D eigenvalue weighted by atomic mass is 10.1. The number of rotatable bonds is 7. The van der Waals surface area contributed by atoms with Crippen molar-refractivity contribution in [3.8, 4) is 11.4 Å². The van der Waals surface area contributed by atoms with Gasteiger partial charge in [-0.25, -0.2) is 0 Å². The number of nitrogens with zero attached hydrogens (tertiary/aromatic N) is 3. The lowest BCUT2D eigenvalue weighted by molar-refractivity contribution is -0.159. The van der Waals surface area contributed by atoms with E-state index < -0.39 is 12.1 Å². The number of carbonyl (C=O) groups is 1. The maximum atomic E-state index is 12.6. The molecule has 1 aliphatic heterocycles. The molecular formula is C17H18F3N3O3S. The first-order chi connectivity index (χ1) is 12.9. The van der Waals surface area contributed by atoms with Crippen molar-refractivity contribution in [3.05, 3.63) is 35.7 Å². The van der Waals surface area contributed by atoms with Gasteiger partial charge in [0.05, 0.1) is 12.5 Å². The zero-order chi connectivity index (χ0) is 19.4. The first-order valence-corrected chi connectivity index (χ1v) is 9.39. The van der Waals surface area contributed by atoms with E-state index in [2.05, 4.69) is 14.7 Å². The Hall–Kier alpha value is -2.07. The Morgan fingerprint density at radius 2 is 2.04 bits per heavy atom. The smallest absolute Gasteiger partial charge is 0.383 e. The zero-order valence-corrected chi connectivity index (χ0v) is 15.3. The van der Waals surface area contributed by atoms with Crippen molar-refractivity contribution in [1.29, 1.82) is 0 Å². The average molecular weight is 401 g/mol. The van der Waals surface area contributed by atoms with E-state index in [0.29, 0.717) is 25.3 Å². The molecule has 6 nitrogen and oxygen atoms in total. The van der Waals surface area contributed by atoms with Gasteiger partial charge in [0.1, 0.15) is 0 Å². The molecule has 0 radical (unpaired) electrons. The summed E-state index contributed by atoms with van der Waals surface area (Å²) in [6.07, 6.45) is -4.67. The molecule has 0 bridgehead atoms. The largest absolute Gasteiger partial charge is 0.471 e. The van der Waals surface area contributed by atoms with E-state index in [0.717, 1.165) is 17.1 Å². The maximum absolute atomic E-state index is 12.6. The molecule has 1 amide bonds. The van der Waals surface area contributed by atoms with E-state index >= 15 is 0 Å². The molecule has 1 fully saturated rings. The third kappa shape index (κ3) is 4.81. The van der Waals surface area contributed by atoms with Crippen LogP contribution in [0, 0.1) is 5.92 Å². The summed E-state index contributed by atoms with van der Waals surface area (Å²) in [4.78, 5) is 17.7. The second-order valence-corrected chi connectivity index (χ2v) is 7.18. The molecule has 1 aromatic carbocycles. The molecule has 2 aromatic rings. The van der Waals surface area contributed by atoms with Crippen LogP contribution in [-0.4, -0.2) is 52.7 Å². The molecule has 1 aromatic heterocycles. The quantitative estimate of drug-likeness (QED) is 0.710. The normalized spacial score (nSPS) is 14.8. The topological polar surface area (TPSA) is 68.5 Å². The second kappa shape index (κ2) is 8.30. The van der Waals surface area contributed by atoms with E-state index in [1.807, 2.05) is 0 Å². The Bertz CT molecular complexity index is 776. The van der Waals surface area contributed by atoms with Crippen LogP contribution >= 0.6 is 11.8 Å². The Kier molecular flexibility index (Phi) is 6.05. The first kappa shape index (κ1) is 19.7. The maximum Gasteiger partial charge on any atom is 0.471 e. The standard InChI is InChI=1S/C17H18F3N3O3S/c1-25-7-6-23(15(24)13-9-27-10-13)8-11-2-4-12(5-3-11)14-21-16(26-22-14)17(18,19)20/h2-5,13H,6-10H2,1H3. The number of halogens is 3. The molecule has 1 saturated heterocycles. The number of amides is 1. The van der Waals surface area contributed by atoms with Crippen molar-refractivity contribution in [1.82, 2.24) is 15.0 Å². The number of thioether (sulfide) groups is 1. The predicted molar refractivity (Wildman–Crippen MR) is 92.8 cm³/mol. The molecule has 146 valence electrons. The SMILES string of the molecule is COCCN(Cc1ccc(-c2noc(C(F)(F)F)n2)cc1)C(=O)C1CSC1. The van der Waals surface area contributed by atoms with E-state index in [4.69, 9.17) is 4.74 Å². The number of hydrogen-bond acceptors (Lipinski definition) is 6. The van der Waals surface area contributed by atoms with Gasteiger partial charge in [0, 0.05) is 37.3 Å². The van der Waals surface area contributed by atoms with Crippen LogP contribution in [0.2, 0.25) is 0 Å². The monoisotopic (exact) mass is 401 g/mol. The molecule has 1 aliphatic rings. The molecule has 10 heteroatoms. The highest BCUT2D eigenvalue weighted by Gasteiger charge is 2.38. The summed E-state index contributed by atoms with van der Waals surface area (Å²) in [7, 11) is 1.58. The van der Waals surface area contributed by atoms with Gasteiger partial charge in [0.15, 0.2) is 0 Å². The van der Waals surface area contributed by atoms with Crippen molar-refractivity contribution in [2.24, 2.45) is 5.92 Å². The fraction of sp³-hybridized carbons (Fsp3) is 0.471. The Balaban J connectivity index is 1.69. The van der Waals surface area contributed by atoms with Gasteiger partial charge in [-0.05, 0) is 5.56 Å². The lowest BCUT2D eigenvalue weighted by Gasteiger charge is -2.31. The van der Waals surface area contributed by atoms with Crippen LogP contribution in [0.1, 0.15) is 11.5 Å². The molecule has 3 rings (SSSR count). The number of ether oxygens (including phenoxy) is 1. The number of benzene rings is 1. The fourth-order valence-electron chi connectivity index (χ4n) is 2.54. The van der Waals surface area contributed by atoms with Crippen LogP contribution in [0.25, 0.3) is 11.4 Å². The highest BCUT2D eigenvalue weighted by atomic mass is 32.2. The molecule has 2 heterocycles. The van der Waals surface area contributed by atoms with Crippen LogP contribution in [0.15, 0.2) is 28.8 Å². The number of carbonyl (C=O) groups excluding carboxylic acids is 1. The number of alkyl halides is 3.